The molecule has 0 aliphatic heterocycles. The molecule has 0 spiro atoms. The van der Waals surface area contributed by atoms with E-state index >= 15 is 0 Å². The van der Waals surface area contributed by atoms with Gasteiger partial charge in [0.1, 0.15) is 5.75 Å². The highest BCUT2D eigenvalue weighted by Gasteiger charge is 2.30. The second-order valence-corrected chi connectivity index (χ2v) is 5.55. The van der Waals surface area contributed by atoms with Crippen LogP contribution in [-0.4, -0.2) is 32.8 Å². The molecule has 0 aromatic heterocycles. The minimum Gasteiger partial charge on any atom is -0.493 e. The van der Waals surface area contributed by atoms with Crippen molar-refractivity contribution >= 4 is 18.0 Å². The predicted octanol–water partition coefficient (Wildman–Crippen LogP) is 3.88. The van der Waals surface area contributed by atoms with Crippen LogP contribution in [0.5, 0.6) is 17.2 Å². The number of ether oxygens (including phenoxy) is 4. The number of hydrogen-bond donors (Lipinski definition) is 0. The summed E-state index contributed by atoms with van der Waals surface area (Å²) >= 11 is 0. The van der Waals surface area contributed by atoms with Crippen LogP contribution in [0.25, 0.3) is 6.08 Å². The number of hydrogen-bond acceptors (Lipinski definition) is 6. The van der Waals surface area contributed by atoms with Crippen molar-refractivity contribution in [1.82, 2.24) is 0 Å². The summed E-state index contributed by atoms with van der Waals surface area (Å²) in [7, 11) is 2.63. The SMILES string of the molecule is COC(=O)/C=C/c1ccc(OC(=O)COc2ccc(C(F)(F)F)cc2)c(OC)c1. The largest absolute Gasteiger partial charge is 0.493 e. The van der Waals surface area contributed by atoms with E-state index in [2.05, 4.69) is 4.74 Å². The summed E-state index contributed by atoms with van der Waals surface area (Å²) in [5, 5.41) is 0. The molecule has 6 nitrogen and oxygen atoms in total. The number of rotatable bonds is 7. The van der Waals surface area contributed by atoms with Gasteiger partial charge < -0.3 is 18.9 Å². The van der Waals surface area contributed by atoms with Crippen LogP contribution < -0.4 is 14.2 Å². The van der Waals surface area contributed by atoms with Crippen LogP contribution in [0, 0.1) is 0 Å². The summed E-state index contributed by atoms with van der Waals surface area (Å²) in [6.45, 7) is -0.515. The predicted molar refractivity (Wildman–Crippen MR) is 96.6 cm³/mol. The lowest BCUT2D eigenvalue weighted by Crippen LogP contribution is -2.18. The average molecular weight is 410 g/mol. The molecule has 0 bridgehead atoms. The number of esters is 2. The molecule has 0 amide bonds. The van der Waals surface area contributed by atoms with Crippen molar-refractivity contribution in [3.05, 3.63) is 59.7 Å². The first-order chi connectivity index (χ1) is 13.7. The first-order valence-electron chi connectivity index (χ1n) is 8.17. The molecule has 0 N–H and O–H groups in total. The third-order valence-electron chi connectivity index (χ3n) is 3.56. The third-order valence-corrected chi connectivity index (χ3v) is 3.56. The molecule has 9 heteroatoms. The molecular weight excluding hydrogens is 393 g/mol. The van der Waals surface area contributed by atoms with Crippen LogP contribution in [0.15, 0.2) is 48.5 Å². The van der Waals surface area contributed by atoms with Gasteiger partial charge in [-0.05, 0) is 48.0 Å². The zero-order valence-electron chi connectivity index (χ0n) is 15.5. The van der Waals surface area contributed by atoms with Gasteiger partial charge >= 0.3 is 18.1 Å². The van der Waals surface area contributed by atoms with E-state index in [9.17, 15) is 22.8 Å². The van der Waals surface area contributed by atoms with E-state index in [0.717, 1.165) is 24.3 Å². The van der Waals surface area contributed by atoms with Gasteiger partial charge in [0.25, 0.3) is 0 Å². The third kappa shape index (κ3) is 6.56. The Hall–Kier alpha value is -3.49. The highest BCUT2D eigenvalue weighted by Crippen LogP contribution is 2.31. The van der Waals surface area contributed by atoms with E-state index in [0.29, 0.717) is 5.56 Å². The summed E-state index contributed by atoms with van der Waals surface area (Å²) in [5.41, 5.74) is -0.216. The van der Waals surface area contributed by atoms with Crippen LogP contribution in [0.2, 0.25) is 0 Å². The molecule has 2 aromatic carbocycles. The van der Waals surface area contributed by atoms with Crippen molar-refractivity contribution in [2.24, 2.45) is 0 Å². The minimum atomic E-state index is -4.45. The van der Waals surface area contributed by atoms with Gasteiger partial charge in [-0.2, -0.15) is 13.2 Å². The van der Waals surface area contributed by atoms with Gasteiger partial charge in [0, 0.05) is 6.08 Å². The Kier molecular flexibility index (Phi) is 7.24. The topological polar surface area (TPSA) is 71.1 Å². The van der Waals surface area contributed by atoms with Crippen molar-refractivity contribution in [2.75, 3.05) is 20.8 Å². The second-order valence-electron chi connectivity index (χ2n) is 5.55. The zero-order chi connectivity index (χ0) is 21.4. The Bertz CT molecular complexity index is 888. The highest BCUT2D eigenvalue weighted by molar-refractivity contribution is 5.87. The lowest BCUT2D eigenvalue weighted by molar-refractivity contribution is -0.138. The Balaban J connectivity index is 1.97. The summed E-state index contributed by atoms with van der Waals surface area (Å²) < 4.78 is 57.5. The van der Waals surface area contributed by atoms with Gasteiger partial charge in [0.2, 0.25) is 0 Å². The number of carbonyl (C=O) groups excluding carboxylic acids is 2. The molecule has 2 aromatic rings. The number of methoxy groups -OCH3 is 2. The van der Waals surface area contributed by atoms with E-state index in [1.165, 1.54) is 32.4 Å². The van der Waals surface area contributed by atoms with Crippen molar-refractivity contribution in [1.29, 1.82) is 0 Å². The normalized spacial score (nSPS) is 11.2. The maximum atomic E-state index is 12.5. The van der Waals surface area contributed by atoms with Crippen LogP contribution >= 0.6 is 0 Å². The number of benzene rings is 2. The molecule has 0 saturated heterocycles. The van der Waals surface area contributed by atoms with Gasteiger partial charge in [-0.25, -0.2) is 9.59 Å². The molecule has 0 radical (unpaired) electrons. The lowest BCUT2D eigenvalue weighted by Gasteiger charge is -2.11. The van der Waals surface area contributed by atoms with Crippen molar-refractivity contribution in [3.8, 4) is 17.2 Å². The van der Waals surface area contributed by atoms with E-state index in [1.807, 2.05) is 0 Å². The molecule has 0 heterocycles. The van der Waals surface area contributed by atoms with Crippen molar-refractivity contribution in [3.63, 3.8) is 0 Å². The Morgan fingerprint density at radius 2 is 1.69 bits per heavy atom. The standard InChI is InChI=1S/C20H17F3O6/c1-26-17-11-13(4-10-18(24)27-2)3-9-16(17)29-19(25)12-28-15-7-5-14(6-8-15)20(21,22)23/h3-11H,12H2,1-2H3/b10-4+. The molecule has 2 rings (SSSR count). The fraction of sp³-hybridized carbons (Fsp3) is 0.200. The maximum absolute atomic E-state index is 12.5. The Labute approximate surface area is 164 Å². The van der Waals surface area contributed by atoms with Gasteiger partial charge in [-0.15, -0.1) is 0 Å². The zero-order valence-corrected chi connectivity index (χ0v) is 15.5. The summed E-state index contributed by atoms with van der Waals surface area (Å²) in [6.07, 6.45) is -1.74. The molecule has 0 atom stereocenters. The minimum absolute atomic E-state index is 0.0882. The molecular formula is C20H17F3O6. The number of carbonyl (C=O) groups is 2. The number of alkyl halides is 3. The summed E-state index contributed by atoms with van der Waals surface area (Å²) in [6, 6.07) is 8.51. The van der Waals surface area contributed by atoms with Gasteiger partial charge in [-0.1, -0.05) is 6.07 Å². The van der Waals surface area contributed by atoms with Gasteiger partial charge in [-0.3, -0.25) is 0 Å². The van der Waals surface area contributed by atoms with Crippen molar-refractivity contribution < 1.29 is 41.7 Å². The average Bonchev–Trinajstić information content (AvgIpc) is 2.70. The van der Waals surface area contributed by atoms with Gasteiger partial charge in [0.15, 0.2) is 18.1 Å². The summed E-state index contributed by atoms with van der Waals surface area (Å²) in [4.78, 5) is 23.1. The monoisotopic (exact) mass is 410 g/mol. The maximum Gasteiger partial charge on any atom is 0.416 e. The van der Waals surface area contributed by atoms with E-state index in [1.54, 1.807) is 12.1 Å². The van der Waals surface area contributed by atoms with Crippen molar-refractivity contribution in [2.45, 2.75) is 6.18 Å². The Morgan fingerprint density at radius 3 is 2.28 bits per heavy atom. The highest BCUT2D eigenvalue weighted by atomic mass is 19.4. The summed E-state index contributed by atoms with van der Waals surface area (Å²) in [5.74, 6) is -0.866. The first kappa shape index (κ1) is 21.8. The molecule has 0 aliphatic carbocycles. The van der Waals surface area contributed by atoms with E-state index in [4.69, 9.17) is 14.2 Å². The van der Waals surface area contributed by atoms with E-state index < -0.39 is 30.3 Å². The molecule has 154 valence electrons. The lowest BCUT2D eigenvalue weighted by atomic mass is 10.2. The van der Waals surface area contributed by atoms with Gasteiger partial charge in [0.05, 0.1) is 19.8 Å². The Morgan fingerprint density at radius 1 is 1.00 bits per heavy atom. The van der Waals surface area contributed by atoms with E-state index in [-0.39, 0.29) is 17.2 Å². The van der Waals surface area contributed by atoms with Crippen LogP contribution in [0.4, 0.5) is 13.2 Å². The number of halogens is 3. The van der Waals surface area contributed by atoms with Crippen LogP contribution in [0.1, 0.15) is 11.1 Å². The molecule has 29 heavy (non-hydrogen) atoms. The van der Waals surface area contributed by atoms with Crippen LogP contribution in [-0.2, 0) is 20.5 Å². The molecule has 0 unspecified atom stereocenters. The fourth-order valence-electron chi connectivity index (χ4n) is 2.14. The smallest absolute Gasteiger partial charge is 0.416 e. The van der Waals surface area contributed by atoms with Crippen LogP contribution in [0.3, 0.4) is 0 Å². The molecule has 0 aliphatic rings. The molecule has 0 saturated carbocycles. The quantitative estimate of drug-likeness (QED) is 0.392. The molecule has 0 fully saturated rings. The first-order valence-corrected chi connectivity index (χ1v) is 8.17. The fourth-order valence-corrected chi connectivity index (χ4v) is 2.14. The second kappa shape index (κ2) is 9.63.